The Hall–Kier alpha value is -0.960. The predicted octanol–water partition coefficient (Wildman–Crippen LogP) is 4.19. The molecule has 0 radical (unpaired) electrons. The molecule has 0 bridgehead atoms. The molecule has 1 N–H and O–H groups in total. The van der Waals surface area contributed by atoms with Gasteiger partial charge in [-0.1, -0.05) is 25.8 Å². The topological polar surface area (TPSA) is 12.0 Å². The molecule has 1 aromatic rings. The molecule has 18 heavy (non-hydrogen) atoms. The van der Waals surface area contributed by atoms with Crippen LogP contribution in [0.5, 0.6) is 0 Å². The molecular weight excluding hydrogens is 232 g/mol. The first kappa shape index (κ1) is 13.5. The van der Waals surface area contributed by atoms with Crippen LogP contribution in [0.25, 0.3) is 0 Å². The number of benzene rings is 1. The summed E-state index contributed by atoms with van der Waals surface area (Å²) in [4.78, 5) is 0. The lowest BCUT2D eigenvalue weighted by Gasteiger charge is -2.23. The number of rotatable bonds is 6. The van der Waals surface area contributed by atoms with E-state index >= 15 is 0 Å². The maximum absolute atomic E-state index is 13.7. The molecule has 0 amide bonds. The maximum Gasteiger partial charge on any atom is 0.130 e. The first-order valence-electron chi connectivity index (χ1n) is 6.81. The largest absolute Gasteiger partial charge is 0.307 e. The zero-order chi connectivity index (χ0) is 13.1. The molecule has 0 spiro atoms. The van der Waals surface area contributed by atoms with Crippen LogP contribution >= 0.6 is 0 Å². The molecule has 2 unspecified atom stereocenters. The highest BCUT2D eigenvalue weighted by atomic mass is 19.1. The van der Waals surface area contributed by atoms with Crippen LogP contribution in [0.15, 0.2) is 18.2 Å². The lowest BCUT2D eigenvalue weighted by atomic mass is 10.0. The van der Waals surface area contributed by atoms with Crippen LogP contribution in [0, 0.1) is 17.6 Å². The Morgan fingerprint density at radius 2 is 1.89 bits per heavy atom. The summed E-state index contributed by atoms with van der Waals surface area (Å²) in [6.45, 7) is 3.95. The van der Waals surface area contributed by atoms with Gasteiger partial charge in [0, 0.05) is 17.6 Å². The van der Waals surface area contributed by atoms with Crippen LogP contribution in [-0.2, 0) is 0 Å². The molecule has 1 nitrogen and oxygen atoms in total. The monoisotopic (exact) mass is 253 g/mol. The summed E-state index contributed by atoms with van der Waals surface area (Å²) in [6, 6.07) is 4.11. The van der Waals surface area contributed by atoms with Crippen molar-refractivity contribution in [2.24, 2.45) is 5.92 Å². The van der Waals surface area contributed by atoms with E-state index in [-0.39, 0.29) is 11.6 Å². The Labute approximate surface area is 108 Å². The van der Waals surface area contributed by atoms with Gasteiger partial charge in [-0.15, -0.1) is 0 Å². The van der Waals surface area contributed by atoms with Crippen molar-refractivity contribution in [2.45, 2.75) is 51.6 Å². The lowest BCUT2D eigenvalue weighted by molar-refractivity contribution is 0.387. The van der Waals surface area contributed by atoms with Crippen LogP contribution in [0.4, 0.5) is 8.78 Å². The van der Waals surface area contributed by atoms with Gasteiger partial charge in [0.05, 0.1) is 0 Å². The minimum Gasteiger partial charge on any atom is -0.307 e. The molecule has 1 saturated carbocycles. The molecule has 3 heteroatoms. The third kappa shape index (κ3) is 3.29. The van der Waals surface area contributed by atoms with E-state index in [1.54, 1.807) is 0 Å². The summed E-state index contributed by atoms with van der Waals surface area (Å²) in [5.41, 5.74) is 0.159. The number of halogens is 2. The third-order valence-electron chi connectivity index (χ3n) is 3.73. The van der Waals surface area contributed by atoms with Crippen molar-refractivity contribution in [1.29, 1.82) is 0 Å². The van der Waals surface area contributed by atoms with Crippen molar-refractivity contribution in [1.82, 2.24) is 5.32 Å². The highest BCUT2D eigenvalue weighted by molar-refractivity contribution is 5.22. The summed E-state index contributed by atoms with van der Waals surface area (Å²) in [5, 5.41) is 3.36. The van der Waals surface area contributed by atoms with Crippen molar-refractivity contribution >= 4 is 0 Å². The second-order valence-corrected chi connectivity index (χ2v) is 5.31. The number of hydrogen-bond acceptors (Lipinski definition) is 1. The van der Waals surface area contributed by atoms with Gasteiger partial charge in [0.2, 0.25) is 0 Å². The van der Waals surface area contributed by atoms with E-state index in [4.69, 9.17) is 0 Å². The van der Waals surface area contributed by atoms with Gasteiger partial charge in [-0.3, -0.25) is 0 Å². The Kier molecular flexibility index (Phi) is 4.33. The van der Waals surface area contributed by atoms with Gasteiger partial charge in [-0.2, -0.15) is 0 Å². The van der Waals surface area contributed by atoms with E-state index in [2.05, 4.69) is 12.2 Å². The average molecular weight is 253 g/mol. The Balaban J connectivity index is 2.02. The standard InChI is InChI=1S/C15H21F2N/c1-3-12(9-11-7-8-11)18-10(2)15-13(16)5-4-6-14(15)17/h4-6,10-12,18H,3,7-9H2,1-2H3. The summed E-state index contributed by atoms with van der Waals surface area (Å²) in [7, 11) is 0. The molecule has 1 aliphatic rings. The van der Waals surface area contributed by atoms with Crippen molar-refractivity contribution in [3.8, 4) is 0 Å². The van der Waals surface area contributed by atoms with Gasteiger partial charge in [0.15, 0.2) is 0 Å². The Morgan fingerprint density at radius 3 is 2.39 bits per heavy atom. The molecule has 1 aliphatic carbocycles. The normalized spacial score (nSPS) is 18.7. The van der Waals surface area contributed by atoms with Gasteiger partial charge in [-0.05, 0) is 37.8 Å². The molecule has 1 aromatic carbocycles. The summed E-state index contributed by atoms with van der Waals surface area (Å²) in [5.74, 6) is -0.104. The molecule has 2 rings (SSSR count). The number of hydrogen-bond donors (Lipinski definition) is 1. The summed E-state index contributed by atoms with van der Waals surface area (Å²) < 4.78 is 27.3. The van der Waals surface area contributed by atoms with E-state index in [0.717, 1.165) is 18.8 Å². The molecule has 1 fully saturated rings. The molecule has 100 valence electrons. The lowest BCUT2D eigenvalue weighted by Crippen LogP contribution is -2.32. The molecule has 0 aromatic heterocycles. The van der Waals surface area contributed by atoms with Crippen molar-refractivity contribution in [2.75, 3.05) is 0 Å². The van der Waals surface area contributed by atoms with Gasteiger partial charge in [-0.25, -0.2) is 8.78 Å². The van der Waals surface area contributed by atoms with E-state index < -0.39 is 11.6 Å². The van der Waals surface area contributed by atoms with E-state index in [0.29, 0.717) is 6.04 Å². The molecular formula is C15H21F2N. The van der Waals surface area contributed by atoms with Gasteiger partial charge in [0.25, 0.3) is 0 Å². The highest BCUT2D eigenvalue weighted by Crippen LogP contribution is 2.34. The van der Waals surface area contributed by atoms with Crippen molar-refractivity contribution in [3.63, 3.8) is 0 Å². The average Bonchev–Trinajstić information content (AvgIpc) is 3.11. The van der Waals surface area contributed by atoms with Crippen LogP contribution < -0.4 is 5.32 Å². The van der Waals surface area contributed by atoms with Gasteiger partial charge in [0.1, 0.15) is 11.6 Å². The second-order valence-electron chi connectivity index (χ2n) is 5.31. The van der Waals surface area contributed by atoms with Crippen molar-refractivity contribution < 1.29 is 8.78 Å². The minimum atomic E-state index is -0.462. The second kappa shape index (κ2) is 5.79. The molecule has 0 aliphatic heterocycles. The smallest absolute Gasteiger partial charge is 0.130 e. The highest BCUT2D eigenvalue weighted by Gasteiger charge is 2.26. The van der Waals surface area contributed by atoms with Crippen LogP contribution in [0.3, 0.4) is 0 Å². The third-order valence-corrected chi connectivity index (χ3v) is 3.73. The van der Waals surface area contributed by atoms with Crippen LogP contribution in [-0.4, -0.2) is 6.04 Å². The van der Waals surface area contributed by atoms with Crippen LogP contribution in [0.2, 0.25) is 0 Å². The quantitative estimate of drug-likeness (QED) is 0.801. The molecule has 2 atom stereocenters. The van der Waals surface area contributed by atoms with Crippen molar-refractivity contribution in [3.05, 3.63) is 35.4 Å². The minimum absolute atomic E-state index is 0.159. The number of nitrogens with one attached hydrogen (secondary N) is 1. The first-order valence-corrected chi connectivity index (χ1v) is 6.81. The SMILES string of the molecule is CCC(CC1CC1)NC(C)c1c(F)cccc1F. The fourth-order valence-electron chi connectivity index (χ4n) is 2.47. The van der Waals surface area contributed by atoms with E-state index in [1.165, 1.54) is 31.0 Å². The zero-order valence-electron chi connectivity index (χ0n) is 11.0. The fraction of sp³-hybridized carbons (Fsp3) is 0.600. The maximum atomic E-state index is 13.7. The van der Waals surface area contributed by atoms with E-state index in [1.807, 2.05) is 6.92 Å². The first-order chi connectivity index (χ1) is 8.61. The zero-order valence-corrected chi connectivity index (χ0v) is 11.0. The molecule has 0 heterocycles. The van der Waals surface area contributed by atoms with Crippen LogP contribution in [0.1, 0.15) is 51.1 Å². The van der Waals surface area contributed by atoms with E-state index in [9.17, 15) is 8.78 Å². The Morgan fingerprint density at radius 1 is 1.28 bits per heavy atom. The summed E-state index contributed by atoms with van der Waals surface area (Å²) in [6.07, 6.45) is 4.73. The van der Waals surface area contributed by atoms with Gasteiger partial charge >= 0.3 is 0 Å². The molecule has 0 saturated heterocycles. The van der Waals surface area contributed by atoms with Gasteiger partial charge < -0.3 is 5.32 Å². The summed E-state index contributed by atoms with van der Waals surface area (Å²) >= 11 is 0. The fourth-order valence-corrected chi connectivity index (χ4v) is 2.47. The predicted molar refractivity (Wildman–Crippen MR) is 69.3 cm³/mol. The Bertz CT molecular complexity index is 381.